The molecule has 18 heavy (non-hydrogen) atoms. The standard InChI is InChI=1S/C14H16N2OS/c17-13(11-5-7-18-9-11)8-16-12-4-3-10-2-1-6-15-14(10)12/h1-2,5-7,9,12-13,16-17H,3-4,8H2. The lowest BCUT2D eigenvalue weighted by Crippen LogP contribution is -2.25. The molecule has 0 aromatic carbocycles. The van der Waals surface area contributed by atoms with E-state index in [1.54, 1.807) is 11.3 Å². The summed E-state index contributed by atoms with van der Waals surface area (Å²) >= 11 is 1.61. The number of nitrogens with one attached hydrogen (secondary N) is 1. The van der Waals surface area contributed by atoms with Crippen LogP contribution in [0.2, 0.25) is 0 Å². The van der Waals surface area contributed by atoms with Gasteiger partial charge in [0.15, 0.2) is 0 Å². The van der Waals surface area contributed by atoms with Gasteiger partial charge in [-0.1, -0.05) is 6.07 Å². The van der Waals surface area contributed by atoms with Crippen molar-refractivity contribution in [2.24, 2.45) is 0 Å². The summed E-state index contributed by atoms with van der Waals surface area (Å²) in [6.07, 6.45) is 3.57. The Balaban J connectivity index is 1.62. The first-order valence-corrected chi connectivity index (χ1v) is 7.16. The Morgan fingerprint density at radius 3 is 3.28 bits per heavy atom. The maximum absolute atomic E-state index is 10.0. The van der Waals surface area contributed by atoms with E-state index in [2.05, 4.69) is 16.4 Å². The third-order valence-electron chi connectivity index (χ3n) is 3.44. The second-order valence-electron chi connectivity index (χ2n) is 4.62. The highest BCUT2D eigenvalue weighted by molar-refractivity contribution is 7.07. The SMILES string of the molecule is OC(CNC1CCc2cccnc21)c1ccsc1. The fraction of sp³-hybridized carbons (Fsp3) is 0.357. The first-order valence-electron chi connectivity index (χ1n) is 6.22. The summed E-state index contributed by atoms with van der Waals surface area (Å²) in [5.41, 5.74) is 3.47. The molecule has 2 atom stereocenters. The topological polar surface area (TPSA) is 45.1 Å². The maximum Gasteiger partial charge on any atom is 0.0922 e. The number of rotatable bonds is 4. The average molecular weight is 260 g/mol. The quantitative estimate of drug-likeness (QED) is 0.887. The third-order valence-corrected chi connectivity index (χ3v) is 4.15. The van der Waals surface area contributed by atoms with Crippen molar-refractivity contribution in [2.45, 2.75) is 25.0 Å². The van der Waals surface area contributed by atoms with E-state index in [4.69, 9.17) is 0 Å². The molecular weight excluding hydrogens is 244 g/mol. The molecule has 0 bridgehead atoms. The summed E-state index contributed by atoms with van der Waals surface area (Å²) in [5.74, 6) is 0. The van der Waals surface area contributed by atoms with Gasteiger partial charge in [-0.2, -0.15) is 11.3 Å². The molecule has 2 aromatic rings. The number of aliphatic hydroxyl groups is 1. The van der Waals surface area contributed by atoms with E-state index in [0.717, 1.165) is 24.1 Å². The fourth-order valence-electron chi connectivity index (χ4n) is 2.45. The molecular formula is C14H16N2OS. The minimum absolute atomic E-state index is 0.287. The van der Waals surface area contributed by atoms with Gasteiger partial charge in [-0.25, -0.2) is 0 Å². The molecule has 2 heterocycles. The van der Waals surface area contributed by atoms with Crippen LogP contribution in [0.15, 0.2) is 35.2 Å². The Hall–Kier alpha value is -1.23. The highest BCUT2D eigenvalue weighted by Crippen LogP contribution is 2.29. The maximum atomic E-state index is 10.0. The van der Waals surface area contributed by atoms with Gasteiger partial charge in [-0.3, -0.25) is 4.98 Å². The number of pyridine rings is 1. The monoisotopic (exact) mass is 260 g/mol. The van der Waals surface area contributed by atoms with Crippen molar-refractivity contribution in [1.82, 2.24) is 10.3 Å². The molecule has 2 unspecified atom stereocenters. The molecule has 1 aliphatic carbocycles. The molecule has 0 saturated carbocycles. The van der Waals surface area contributed by atoms with Crippen LogP contribution < -0.4 is 5.32 Å². The molecule has 4 heteroatoms. The van der Waals surface area contributed by atoms with Crippen molar-refractivity contribution in [2.75, 3.05) is 6.54 Å². The normalized spacial score (nSPS) is 19.7. The Morgan fingerprint density at radius 1 is 1.50 bits per heavy atom. The summed E-state index contributed by atoms with van der Waals surface area (Å²) in [5, 5.41) is 17.4. The molecule has 0 radical (unpaired) electrons. The average Bonchev–Trinajstić information content (AvgIpc) is 3.06. The van der Waals surface area contributed by atoms with E-state index in [1.165, 1.54) is 5.56 Å². The van der Waals surface area contributed by atoms with E-state index < -0.39 is 6.10 Å². The van der Waals surface area contributed by atoms with Gasteiger partial charge in [-0.05, 0) is 46.9 Å². The highest BCUT2D eigenvalue weighted by Gasteiger charge is 2.23. The summed E-state index contributed by atoms with van der Waals surface area (Å²) in [7, 11) is 0. The van der Waals surface area contributed by atoms with Crippen molar-refractivity contribution in [3.63, 3.8) is 0 Å². The number of aliphatic hydroxyl groups excluding tert-OH is 1. The second-order valence-corrected chi connectivity index (χ2v) is 5.40. The van der Waals surface area contributed by atoms with Gasteiger partial charge in [0, 0.05) is 12.7 Å². The molecule has 3 nitrogen and oxygen atoms in total. The van der Waals surface area contributed by atoms with Gasteiger partial charge in [0.2, 0.25) is 0 Å². The van der Waals surface area contributed by atoms with Crippen LogP contribution in [0.4, 0.5) is 0 Å². The minimum Gasteiger partial charge on any atom is -0.387 e. The summed E-state index contributed by atoms with van der Waals surface area (Å²) in [6, 6.07) is 6.38. The van der Waals surface area contributed by atoms with Gasteiger partial charge in [-0.15, -0.1) is 0 Å². The number of hydrogen-bond donors (Lipinski definition) is 2. The zero-order valence-electron chi connectivity index (χ0n) is 10.0. The van der Waals surface area contributed by atoms with E-state index in [9.17, 15) is 5.11 Å². The van der Waals surface area contributed by atoms with Crippen LogP contribution in [0.3, 0.4) is 0 Å². The Kier molecular flexibility index (Phi) is 3.41. The number of nitrogens with zero attached hydrogens (tertiary/aromatic N) is 1. The van der Waals surface area contributed by atoms with Crippen LogP contribution in [0, 0.1) is 0 Å². The van der Waals surface area contributed by atoms with Crippen molar-refractivity contribution >= 4 is 11.3 Å². The van der Waals surface area contributed by atoms with Crippen LogP contribution in [-0.2, 0) is 6.42 Å². The van der Waals surface area contributed by atoms with Gasteiger partial charge in [0.1, 0.15) is 0 Å². The van der Waals surface area contributed by atoms with Crippen LogP contribution in [0.5, 0.6) is 0 Å². The zero-order chi connectivity index (χ0) is 12.4. The van der Waals surface area contributed by atoms with E-state index in [0.29, 0.717) is 6.54 Å². The molecule has 2 N–H and O–H groups in total. The van der Waals surface area contributed by atoms with Crippen molar-refractivity contribution in [3.8, 4) is 0 Å². The molecule has 0 spiro atoms. The molecule has 94 valence electrons. The second kappa shape index (κ2) is 5.18. The molecule has 0 fully saturated rings. The summed E-state index contributed by atoms with van der Waals surface area (Å²) in [4.78, 5) is 4.44. The summed E-state index contributed by atoms with van der Waals surface area (Å²) < 4.78 is 0. The minimum atomic E-state index is -0.427. The van der Waals surface area contributed by atoms with Crippen molar-refractivity contribution in [3.05, 3.63) is 52.0 Å². The zero-order valence-corrected chi connectivity index (χ0v) is 10.9. The Morgan fingerprint density at radius 2 is 2.44 bits per heavy atom. The number of thiophene rings is 1. The van der Waals surface area contributed by atoms with Crippen LogP contribution in [0.25, 0.3) is 0 Å². The van der Waals surface area contributed by atoms with Crippen LogP contribution >= 0.6 is 11.3 Å². The van der Waals surface area contributed by atoms with Gasteiger partial charge in [0.05, 0.1) is 17.8 Å². The molecule has 0 saturated heterocycles. The summed E-state index contributed by atoms with van der Waals surface area (Å²) in [6.45, 7) is 0.581. The smallest absolute Gasteiger partial charge is 0.0922 e. The van der Waals surface area contributed by atoms with Gasteiger partial charge in [0.25, 0.3) is 0 Å². The van der Waals surface area contributed by atoms with E-state index in [-0.39, 0.29) is 6.04 Å². The lowest BCUT2D eigenvalue weighted by molar-refractivity contribution is 0.170. The lowest BCUT2D eigenvalue weighted by atomic mass is 10.1. The number of hydrogen-bond acceptors (Lipinski definition) is 4. The van der Waals surface area contributed by atoms with Gasteiger partial charge >= 0.3 is 0 Å². The molecule has 0 amide bonds. The van der Waals surface area contributed by atoms with Crippen molar-refractivity contribution < 1.29 is 5.11 Å². The molecule has 2 aromatic heterocycles. The predicted octanol–water partition coefficient (Wildman–Crippen LogP) is 2.45. The van der Waals surface area contributed by atoms with E-state index >= 15 is 0 Å². The third kappa shape index (κ3) is 2.32. The molecule has 1 aliphatic rings. The predicted molar refractivity (Wildman–Crippen MR) is 72.6 cm³/mol. The first kappa shape index (κ1) is 11.8. The van der Waals surface area contributed by atoms with Crippen LogP contribution in [-0.4, -0.2) is 16.6 Å². The van der Waals surface area contributed by atoms with Crippen LogP contribution in [0.1, 0.15) is 35.4 Å². The Bertz CT molecular complexity index is 512. The highest BCUT2D eigenvalue weighted by atomic mass is 32.1. The Labute approximate surface area is 111 Å². The van der Waals surface area contributed by atoms with Crippen molar-refractivity contribution in [1.29, 1.82) is 0 Å². The fourth-order valence-corrected chi connectivity index (χ4v) is 3.15. The van der Waals surface area contributed by atoms with E-state index in [1.807, 2.05) is 29.1 Å². The molecule has 0 aliphatic heterocycles. The first-order chi connectivity index (χ1) is 8.84. The number of fused-ring (bicyclic) bond motifs is 1. The lowest BCUT2D eigenvalue weighted by Gasteiger charge is -2.16. The number of aryl methyl sites for hydroxylation is 1. The largest absolute Gasteiger partial charge is 0.387 e. The van der Waals surface area contributed by atoms with Gasteiger partial charge < -0.3 is 10.4 Å². The number of aromatic nitrogens is 1. The molecule has 3 rings (SSSR count).